The van der Waals surface area contributed by atoms with Gasteiger partial charge in [-0.25, -0.2) is 0 Å². The van der Waals surface area contributed by atoms with Crippen molar-refractivity contribution in [2.75, 3.05) is 21.3 Å². The van der Waals surface area contributed by atoms with Crippen LogP contribution in [-0.2, 0) is 4.79 Å². The number of rotatable bonds is 5. The van der Waals surface area contributed by atoms with Crippen LogP contribution in [0.1, 0.15) is 38.2 Å². The zero-order valence-corrected chi connectivity index (χ0v) is 14.5. The van der Waals surface area contributed by atoms with Crippen LogP contribution >= 0.6 is 0 Å². The highest BCUT2D eigenvalue weighted by molar-refractivity contribution is 5.91. The van der Waals surface area contributed by atoms with Crippen LogP contribution < -0.4 is 9.47 Å². The average molecular weight is 317 g/mol. The first-order chi connectivity index (χ1) is 11.1. The first-order valence-electron chi connectivity index (χ1n) is 8.23. The van der Waals surface area contributed by atoms with E-state index in [1.54, 1.807) is 20.3 Å². The number of ether oxygens (including phenoxy) is 2. The summed E-state index contributed by atoms with van der Waals surface area (Å²) in [5.74, 6) is 1.98. The summed E-state index contributed by atoms with van der Waals surface area (Å²) in [7, 11) is 5.12. The van der Waals surface area contributed by atoms with Gasteiger partial charge in [-0.1, -0.05) is 25.8 Å². The minimum absolute atomic E-state index is 0.0542. The van der Waals surface area contributed by atoms with Gasteiger partial charge in [-0.05, 0) is 42.5 Å². The highest BCUT2D eigenvalue weighted by Gasteiger charge is 2.26. The fourth-order valence-corrected chi connectivity index (χ4v) is 3.28. The number of likely N-dealkylation sites (N-methyl/N-ethyl adjacent to an activating group) is 1. The van der Waals surface area contributed by atoms with Crippen molar-refractivity contribution >= 4 is 12.0 Å². The van der Waals surface area contributed by atoms with Gasteiger partial charge < -0.3 is 14.4 Å². The summed E-state index contributed by atoms with van der Waals surface area (Å²) >= 11 is 0. The molecule has 1 aliphatic rings. The molecule has 2 atom stereocenters. The van der Waals surface area contributed by atoms with Crippen molar-refractivity contribution in [3.05, 3.63) is 29.8 Å². The summed E-state index contributed by atoms with van der Waals surface area (Å²) in [5, 5.41) is 0. The fourth-order valence-electron chi connectivity index (χ4n) is 3.28. The van der Waals surface area contributed by atoms with Gasteiger partial charge in [-0.15, -0.1) is 0 Å². The molecule has 0 aliphatic heterocycles. The molecular formula is C19H27NO3. The molecule has 1 aromatic rings. The summed E-state index contributed by atoms with van der Waals surface area (Å²) in [6, 6.07) is 5.97. The molecule has 0 bridgehead atoms. The summed E-state index contributed by atoms with van der Waals surface area (Å²) in [6.45, 7) is 2.24. The van der Waals surface area contributed by atoms with Crippen LogP contribution in [0.15, 0.2) is 24.3 Å². The van der Waals surface area contributed by atoms with Crippen LogP contribution in [0, 0.1) is 5.92 Å². The van der Waals surface area contributed by atoms with Crippen LogP contribution in [0.25, 0.3) is 6.08 Å². The molecule has 4 nitrogen and oxygen atoms in total. The van der Waals surface area contributed by atoms with Crippen LogP contribution in [0.5, 0.6) is 11.5 Å². The van der Waals surface area contributed by atoms with E-state index in [0.29, 0.717) is 23.5 Å². The number of amides is 1. The van der Waals surface area contributed by atoms with E-state index in [-0.39, 0.29) is 5.91 Å². The maximum atomic E-state index is 12.4. The lowest BCUT2D eigenvalue weighted by atomic mass is 9.85. The lowest BCUT2D eigenvalue weighted by Gasteiger charge is -2.35. The molecule has 0 N–H and O–H groups in total. The van der Waals surface area contributed by atoms with Crippen molar-refractivity contribution in [3.63, 3.8) is 0 Å². The Bertz CT molecular complexity index is 568. The number of carbonyl (C=O) groups excluding carboxylic acids is 1. The minimum Gasteiger partial charge on any atom is -0.493 e. The van der Waals surface area contributed by atoms with E-state index in [9.17, 15) is 4.79 Å². The standard InChI is InChI=1S/C19H27NO3/c1-14-7-5-6-8-16(14)20(2)19(21)12-10-15-9-11-17(22-3)18(13-15)23-4/h9-14,16H,5-8H2,1-4H3/b12-10+. The number of carbonyl (C=O) groups is 1. The number of benzene rings is 1. The topological polar surface area (TPSA) is 38.8 Å². The number of hydrogen-bond donors (Lipinski definition) is 0. The normalized spacial score (nSPS) is 21.2. The Morgan fingerprint density at radius 1 is 1.17 bits per heavy atom. The molecule has 0 aromatic heterocycles. The Balaban J connectivity index is 2.05. The third-order valence-corrected chi connectivity index (χ3v) is 4.74. The van der Waals surface area contributed by atoms with E-state index in [0.717, 1.165) is 12.0 Å². The van der Waals surface area contributed by atoms with Gasteiger partial charge in [0.1, 0.15) is 0 Å². The van der Waals surface area contributed by atoms with Crippen molar-refractivity contribution in [1.82, 2.24) is 4.90 Å². The van der Waals surface area contributed by atoms with Crippen molar-refractivity contribution < 1.29 is 14.3 Å². The SMILES string of the molecule is COc1ccc(/C=C/C(=O)N(C)C2CCCCC2C)cc1OC. The van der Waals surface area contributed by atoms with Gasteiger partial charge in [-0.2, -0.15) is 0 Å². The Labute approximate surface area is 139 Å². The molecule has 1 fully saturated rings. The van der Waals surface area contributed by atoms with Crippen molar-refractivity contribution in [2.45, 2.75) is 38.6 Å². The first kappa shape index (κ1) is 17.4. The number of hydrogen-bond acceptors (Lipinski definition) is 3. The monoisotopic (exact) mass is 317 g/mol. The summed E-state index contributed by atoms with van der Waals surface area (Å²) in [6.07, 6.45) is 8.28. The fraction of sp³-hybridized carbons (Fsp3) is 0.526. The van der Waals surface area contributed by atoms with Gasteiger partial charge in [0.05, 0.1) is 14.2 Å². The average Bonchev–Trinajstić information content (AvgIpc) is 2.59. The molecule has 0 heterocycles. The van der Waals surface area contributed by atoms with Gasteiger partial charge in [0.25, 0.3) is 0 Å². The number of nitrogens with zero attached hydrogens (tertiary/aromatic N) is 1. The van der Waals surface area contributed by atoms with E-state index >= 15 is 0 Å². The van der Waals surface area contributed by atoms with Gasteiger partial charge >= 0.3 is 0 Å². The minimum atomic E-state index is 0.0542. The zero-order valence-electron chi connectivity index (χ0n) is 14.5. The van der Waals surface area contributed by atoms with Crippen molar-refractivity contribution in [1.29, 1.82) is 0 Å². The second-order valence-corrected chi connectivity index (χ2v) is 6.23. The highest BCUT2D eigenvalue weighted by Crippen LogP contribution is 2.29. The molecule has 0 radical (unpaired) electrons. The van der Waals surface area contributed by atoms with Crippen LogP contribution in [-0.4, -0.2) is 38.1 Å². The zero-order chi connectivity index (χ0) is 16.8. The van der Waals surface area contributed by atoms with Crippen molar-refractivity contribution in [2.24, 2.45) is 5.92 Å². The molecule has 1 aliphatic carbocycles. The van der Waals surface area contributed by atoms with Crippen molar-refractivity contribution in [3.8, 4) is 11.5 Å². The lowest BCUT2D eigenvalue weighted by molar-refractivity contribution is -0.128. The maximum absolute atomic E-state index is 12.4. The number of methoxy groups -OCH3 is 2. The van der Waals surface area contributed by atoms with Crippen LogP contribution in [0.2, 0.25) is 0 Å². The van der Waals surface area contributed by atoms with E-state index in [1.807, 2.05) is 36.2 Å². The van der Waals surface area contributed by atoms with Gasteiger partial charge in [0.15, 0.2) is 11.5 Å². The third-order valence-electron chi connectivity index (χ3n) is 4.74. The second-order valence-electron chi connectivity index (χ2n) is 6.23. The van der Waals surface area contributed by atoms with Gasteiger partial charge in [0.2, 0.25) is 5.91 Å². The van der Waals surface area contributed by atoms with Crippen LogP contribution in [0.3, 0.4) is 0 Å². The van der Waals surface area contributed by atoms with E-state index < -0.39 is 0 Å². The predicted octanol–water partition coefficient (Wildman–Crippen LogP) is 3.75. The molecule has 1 amide bonds. The molecule has 0 saturated heterocycles. The Hall–Kier alpha value is -1.97. The summed E-state index contributed by atoms with van der Waals surface area (Å²) < 4.78 is 10.5. The molecule has 2 rings (SSSR count). The lowest BCUT2D eigenvalue weighted by Crippen LogP contribution is -2.41. The first-order valence-corrected chi connectivity index (χ1v) is 8.23. The molecule has 1 saturated carbocycles. The Morgan fingerprint density at radius 3 is 2.52 bits per heavy atom. The predicted molar refractivity (Wildman–Crippen MR) is 92.8 cm³/mol. The molecular weight excluding hydrogens is 290 g/mol. The van der Waals surface area contributed by atoms with Gasteiger partial charge in [-0.3, -0.25) is 4.79 Å². The van der Waals surface area contributed by atoms with E-state index in [2.05, 4.69) is 6.92 Å². The highest BCUT2D eigenvalue weighted by atomic mass is 16.5. The molecule has 4 heteroatoms. The second kappa shape index (κ2) is 8.04. The largest absolute Gasteiger partial charge is 0.493 e. The van der Waals surface area contributed by atoms with E-state index in [1.165, 1.54) is 19.3 Å². The smallest absolute Gasteiger partial charge is 0.246 e. The molecule has 126 valence electrons. The Morgan fingerprint density at radius 2 is 1.87 bits per heavy atom. The molecule has 0 spiro atoms. The molecule has 23 heavy (non-hydrogen) atoms. The summed E-state index contributed by atoms with van der Waals surface area (Å²) in [5.41, 5.74) is 0.918. The quantitative estimate of drug-likeness (QED) is 0.776. The van der Waals surface area contributed by atoms with Crippen LogP contribution in [0.4, 0.5) is 0 Å². The molecule has 2 unspecified atom stereocenters. The van der Waals surface area contributed by atoms with Gasteiger partial charge in [0, 0.05) is 19.2 Å². The maximum Gasteiger partial charge on any atom is 0.246 e. The third kappa shape index (κ3) is 4.27. The van der Waals surface area contributed by atoms with E-state index in [4.69, 9.17) is 9.47 Å². The molecule has 1 aromatic carbocycles. The Kier molecular flexibility index (Phi) is 6.08. The summed E-state index contributed by atoms with van der Waals surface area (Å²) in [4.78, 5) is 14.3.